The van der Waals surface area contributed by atoms with Crippen molar-refractivity contribution in [3.05, 3.63) is 35.5 Å². The number of nitrogens with zero attached hydrogens (tertiary/aromatic N) is 1. The summed E-state index contributed by atoms with van der Waals surface area (Å²) < 4.78 is 5.27. The van der Waals surface area contributed by atoms with Gasteiger partial charge >= 0.3 is 5.97 Å². The zero-order valence-electron chi connectivity index (χ0n) is 11.1. The van der Waals surface area contributed by atoms with E-state index in [0.717, 1.165) is 16.9 Å². The van der Waals surface area contributed by atoms with Gasteiger partial charge in [-0.1, -0.05) is 13.8 Å². The van der Waals surface area contributed by atoms with E-state index < -0.39 is 5.97 Å². The monoisotopic (exact) mass is 260 g/mol. The number of aromatic nitrogens is 2. The van der Waals surface area contributed by atoms with E-state index in [9.17, 15) is 4.79 Å². The number of carbonyl (C=O) groups is 1. The Balaban J connectivity index is 2.47. The summed E-state index contributed by atoms with van der Waals surface area (Å²) in [5.74, 6) is 0.0681. The first-order valence-electron chi connectivity index (χ1n) is 5.99. The Morgan fingerprint density at radius 2 is 2.05 bits per heavy atom. The molecule has 2 N–H and O–H groups in total. The van der Waals surface area contributed by atoms with E-state index in [1.54, 1.807) is 7.11 Å². The van der Waals surface area contributed by atoms with Crippen LogP contribution in [0.5, 0.6) is 5.75 Å². The number of hydrogen-bond donors (Lipinski definition) is 2. The average molecular weight is 260 g/mol. The van der Waals surface area contributed by atoms with Crippen molar-refractivity contribution in [2.75, 3.05) is 7.11 Å². The van der Waals surface area contributed by atoms with Gasteiger partial charge in [-0.2, -0.15) is 5.10 Å². The molecule has 1 heterocycles. The lowest BCUT2D eigenvalue weighted by Crippen LogP contribution is -1.95. The largest absolute Gasteiger partial charge is 0.497 e. The molecule has 1 aromatic carbocycles. The lowest BCUT2D eigenvalue weighted by Gasteiger charge is -2.10. The molecule has 5 nitrogen and oxygen atoms in total. The summed E-state index contributed by atoms with van der Waals surface area (Å²) in [7, 11) is 1.61. The summed E-state index contributed by atoms with van der Waals surface area (Å²) >= 11 is 0. The third-order valence-electron chi connectivity index (χ3n) is 2.94. The van der Waals surface area contributed by atoms with E-state index in [-0.39, 0.29) is 5.69 Å². The Morgan fingerprint density at radius 3 is 2.58 bits per heavy atom. The maximum Gasteiger partial charge on any atom is 0.353 e. The molecule has 2 aromatic rings. The predicted octanol–water partition coefficient (Wildman–Crippen LogP) is 2.91. The smallest absolute Gasteiger partial charge is 0.353 e. The van der Waals surface area contributed by atoms with Crippen LogP contribution >= 0.6 is 0 Å². The highest BCUT2D eigenvalue weighted by atomic mass is 16.5. The molecule has 0 radical (unpaired) electrons. The molecule has 0 aliphatic heterocycles. The van der Waals surface area contributed by atoms with E-state index in [1.807, 2.05) is 18.2 Å². The van der Waals surface area contributed by atoms with Crippen LogP contribution < -0.4 is 4.74 Å². The lowest BCUT2D eigenvalue weighted by atomic mass is 9.99. The first kappa shape index (κ1) is 13.1. The summed E-state index contributed by atoms with van der Waals surface area (Å²) in [4.78, 5) is 10.8. The zero-order valence-corrected chi connectivity index (χ0v) is 11.1. The highest BCUT2D eigenvalue weighted by Gasteiger charge is 2.12. The van der Waals surface area contributed by atoms with Crippen LogP contribution in [0.1, 0.15) is 35.8 Å². The Morgan fingerprint density at radius 1 is 1.32 bits per heavy atom. The molecule has 0 unspecified atom stereocenters. The maximum absolute atomic E-state index is 10.8. The van der Waals surface area contributed by atoms with Gasteiger partial charge in [0, 0.05) is 5.56 Å². The molecular formula is C14H16N2O3. The minimum absolute atomic E-state index is 0.0731. The van der Waals surface area contributed by atoms with Crippen molar-refractivity contribution in [3.63, 3.8) is 0 Å². The molecule has 0 atom stereocenters. The number of hydrogen-bond acceptors (Lipinski definition) is 3. The van der Waals surface area contributed by atoms with Gasteiger partial charge in [-0.05, 0) is 35.7 Å². The summed E-state index contributed by atoms with van der Waals surface area (Å²) in [6, 6.07) is 7.32. The fraction of sp³-hybridized carbons (Fsp3) is 0.286. The Hall–Kier alpha value is -2.30. The standard InChI is InChI=1S/C14H16N2O3/c1-8(2)9-4-10(6-11(5-9)19-3)12-7-13(14(17)18)16-15-12/h4-8H,1-3H3,(H,15,16)(H,17,18). The molecule has 0 fully saturated rings. The van der Waals surface area contributed by atoms with E-state index in [1.165, 1.54) is 6.07 Å². The normalized spacial score (nSPS) is 10.7. The zero-order chi connectivity index (χ0) is 14.0. The van der Waals surface area contributed by atoms with E-state index in [2.05, 4.69) is 24.0 Å². The van der Waals surface area contributed by atoms with Gasteiger partial charge in [-0.25, -0.2) is 4.79 Å². The van der Waals surface area contributed by atoms with Crippen LogP contribution in [0, 0.1) is 0 Å². The fourth-order valence-electron chi connectivity index (χ4n) is 1.80. The molecule has 0 saturated carbocycles. The number of H-pyrrole nitrogens is 1. The topological polar surface area (TPSA) is 75.2 Å². The van der Waals surface area contributed by atoms with Crippen LogP contribution in [0.25, 0.3) is 11.3 Å². The van der Waals surface area contributed by atoms with Crippen LogP contribution in [0.15, 0.2) is 24.3 Å². The van der Waals surface area contributed by atoms with Gasteiger partial charge in [0.15, 0.2) is 0 Å². The number of aromatic carboxylic acids is 1. The van der Waals surface area contributed by atoms with Gasteiger partial charge < -0.3 is 9.84 Å². The number of carboxylic acids is 1. The Labute approximate surface area is 111 Å². The van der Waals surface area contributed by atoms with Crippen LogP contribution in [0.2, 0.25) is 0 Å². The minimum atomic E-state index is -1.02. The minimum Gasteiger partial charge on any atom is -0.497 e. The molecule has 0 aliphatic rings. The molecule has 0 spiro atoms. The number of ether oxygens (including phenoxy) is 1. The molecule has 2 rings (SSSR count). The average Bonchev–Trinajstić information content (AvgIpc) is 2.87. The molecular weight excluding hydrogens is 244 g/mol. The van der Waals surface area contributed by atoms with E-state index in [4.69, 9.17) is 9.84 Å². The highest BCUT2D eigenvalue weighted by molar-refractivity contribution is 5.86. The van der Waals surface area contributed by atoms with Gasteiger partial charge in [-0.15, -0.1) is 0 Å². The molecule has 0 aliphatic carbocycles. The fourth-order valence-corrected chi connectivity index (χ4v) is 1.80. The lowest BCUT2D eigenvalue weighted by molar-refractivity contribution is 0.0690. The van der Waals surface area contributed by atoms with Crippen molar-refractivity contribution in [1.82, 2.24) is 10.2 Å². The quantitative estimate of drug-likeness (QED) is 0.886. The SMILES string of the molecule is COc1cc(-c2cc(C(=O)O)[nH]n2)cc(C(C)C)c1. The third kappa shape index (κ3) is 2.76. The highest BCUT2D eigenvalue weighted by Crippen LogP contribution is 2.28. The van der Waals surface area contributed by atoms with Crippen LogP contribution in [-0.4, -0.2) is 28.4 Å². The first-order chi connectivity index (χ1) is 9.01. The molecule has 100 valence electrons. The van der Waals surface area contributed by atoms with Crippen LogP contribution in [0.4, 0.5) is 0 Å². The molecule has 5 heteroatoms. The number of rotatable bonds is 4. The second-order valence-electron chi connectivity index (χ2n) is 4.62. The molecule has 0 amide bonds. The number of benzene rings is 1. The summed E-state index contributed by atoms with van der Waals surface area (Å²) in [6.07, 6.45) is 0. The van der Waals surface area contributed by atoms with Crippen molar-refractivity contribution in [2.24, 2.45) is 0 Å². The van der Waals surface area contributed by atoms with Crippen molar-refractivity contribution in [1.29, 1.82) is 0 Å². The molecule has 0 bridgehead atoms. The van der Waals surface area contributed by atoms with Crippen LogP contribution in [0.3, 0.4) is 0 Å². The number of nitrogens with one attached hydrogen (secondary N) is 1. The Kier molecular flexibility index (Phi) is 3.55. The summed E-state index contributed by atoms with van der Waals surface area (Å²) in [5.41, 5.74) is 2.63. The number of carboxylic acid groups (broad SMARTS) is 1. The second-order valence-corrected chi connectivity index (χ2v) is 4.62. The van der Waals surface area contributed by atoms with Crippen molar-refractivity contribution < 1.29 is 14.6 Å². The van der Waals surface area contributed by atoms with Crippen molar-refractivity contribution in [3.8, 4) is 17.0 Å². The summed E-state index contributed by atoms with van der Waals surface area (Å²) in [6.45, 7) is 4.18. The molecule has 19 heavy (non-hydrogen) atoms. The maximum atomic E-state index is 10.8. The van der Waals surface area contributed by atoms with Gasteiger partial charge in [0.25, 0.3) is 0 Å². The Bertz CT molecular complexity index is 602. The van der Waals surface area contributed by atoms with Crippen molar-refractivity contribution >= 4 is 5.97 Å². The first-order valence-corrected chi connectivity index (χ1v) is 5.99. The van der Waals surface area contributed by atoms with Gasteiger partial charge in [0.1, 0.15) is 11.4 Å². The molecule has 1 aromatic heterocycles. The van der Waals surface area contributed by atoms with Gasteiger partial charge in [-0.3, -0.25) is 5.10 Å². The predicted molar refractivity (Wildman–Crippen MR) is 71.6 cm³/mol. The number of methoxy groups -OCH3 is 1. The van der Waals surface area contributed by atoms with Crippen molar-refractivity contribution in [2.45, 2.75) is 19.8 Å². The number of aromatic amines is 1. The third-order valence-corrected chi connectivity index (χ3v) is 2.94. The van der Waals surface area contributed by atoms with Crippen LogP contribution in [-0.2, 0) is 0 Å². The van der Waals surface area contributed by atoms with E-state index >= 15 is 0 Å². The van der Waals surface area contributed by atoms with E-state index in [0.29, 0.717) is 11.6 Å². The molecule has 0 saturated heterocycles. The van der Waals surface area contributed by atoms with Gasteiger partial charge in [0.05, 0.1) is 12.8 Å². The van der Waals surface area contributed by atoms with Gasteiger partial charge in [0.2, 0.25) is 0 Å². The second kappa shape index (κ2) is 5.14. The summed E-state index contributed by atoms with van der Waals surface area (Å²) in [5, 5.41) is 15.4.